The van der Waals surface area contributed by atoms with Crippen LogP contribution in [0.2, 0.25) is 10.2 Å². The number of aryl methyl sites for hydroxylation is 1. The van der Waals surface area contributed by atoms with Crippen molar-refractivity contribution in [3.05, 3.63) is 57.3 Å². The van der Waals surface area contributed by atoms with Gasteiger partial charge in [-0.2, -0.15) is 5.10 Å². The molecular weight excluding hydrogens is 321 g/mol. The minimum Gasteiger partial charge on any atom is -0.353 e. The van der Waals surface area contributed by atoms with Crippen LogP contribution in [0, 0.1) is 6.92 Å². The lowest BCUT2D eigenvalue weighted by Gasteiger charge is -2.03. The zero-order chi connectivity index (χ0) is 16.1. The third-order valence-corrected chi connectivity index (χ3v) is 3.76. The molecule has 0 atom stereocenters. The molecule has 0 aliphatic rings. The van der Waals surface area contributed by atoms with Crippen LogP contribution in [0.25, 0.3) is 6.08 Å². The van der Waals surface area contributed by atoms with Crippen LogP contribution in [-0.4, -0.2) is 22.2 Å². The van der Waals surface area contributed by atoms with Crippen molar-refractivity contribution in [1.82, 2.24) is 15.1 Å². The van der Waals surface area contributed by atoms with Crippen molar-refractivity contribution in [2.45, 2.75) is 20.4 Å². The van der Waals surface area contributed by atoms with Crippen LogP contribution in [0.4, 0.5) is 0 Å². The van der Waals surface area contributed by atoms with E-state index >= 15 is 0 Å². The average Bonchev–Trinajstić information content (AvgIpc) is 2.74. The number of benzene rings is 1. The standard InChI is InChI=1S/C16H17Cl2N3O/c1-3-19-15(22)9-8-14-11(2)20-21(16(14)18)10-12-4-6-13(17)7-5-12/h4-9H,3,10H2,1-2H3,(H,19,22)/b9-8+. The average molecular weight is 338 g/mol. The van der Waals surface area contributed by atoms with Crippen molar-refractivity contribution >= 4 is 35.2 Å². The second-order valence-corrected chi connectivity index (χ2v) is 5.60. The summed E-state index contributed by atoms with van der Waals surface area (Å²) in [6.45, 7) is 4.87. The Hall–Kier alpha value is -1.78. The lowest BCUT2D eigenvalue weighted by Crippen LogP contribution is -2.19. The van der Waals surface area contributed by atoms with Gasteiger partial charge < -0.3 is 5.32 Å². The monoisotopic (exact) mass is 337 g/mol. The topological polar surface area (TPSA) is 46.9 Å². The molecule has 22 heavy (non-hydrogen) atoms. The predicted molar refractivity (Wildman–Crippen MR) is 90.2 cm³/mol. The Labute approximate surface area is 139 Å². The molecule has 0 saturated heterocycles. The van der Waals surface area contributed by atoms with Gasteiger partial charge in [0.15, 0.2) is 0 Å². The normalized spacial score (nSPS) is 11.1. The van der Waals surface area contributed by atoms with Crippen LogP contribution in [0.15, 0.2) is 30.3 Å². The first-order valence-electron chi connectivity index (χ1n) is 6.94. The van der Waals surface area contributed by atoms with Crippen LogP contribution >= 0.6 is 23.2 Å². The summed E-state index contributed by atoms with van der Waals surface area (Å²) in [4.78, 5) is 11.5. The molecule has 0 bridgehead atoms. The van der Waals surface area contributed by atoms with E-state index in [0.717, 1.165) is 16.8 Å². The number of aromatic nitrogens is 2. The van der Waals surface area contributed by atoms with Gasteiger partial charge in [0.05, 0.1) is 12.2 Å². The summed E-state index contributed by atoms with van der Waals surface area (Å²) in [6, 6.07) is 7.52. The minimum atomic E-state index is -0.150. The van der Waals surface area contributed by atoms with E-state index in [-0.39, 0.29) is 5.91 Å². The van der Waals surface area contributed by atoms with E-state index < -0.39 is 0 Å². The molecule has 0 unspecified atom stereocenters. The van der Waals surface area contributed by atoms with E-state index in [0.29, 0.717) is 23.3 Å². The number of halogens is 2. The largest absolute Gasteiger partial charge is 0.353 e. The van der Waals surface area contributed by atoms with Crippen LogP contribution in [0.5, 0.6) is 0 Å². The third kappa shape index (κ3) is 4.12. The Kier molecular flexibility index (Phi) is 5.63. The summed E-state index contributed by atoms with van der Waals surface area (Å²) in [7, 11) is 0. The number of carbonyl (C=O) groups excluding carboxylic acids is 1. The fourth-order valence-corrected chi connectivity index (χ4v) is 2.44. The molecule has 1 aromatic heterocycles. The number of hydrogen-bond donors (Lipinski definition) is 1. The molecule has 0 radical (unpaired) electrons. The van der Waals surface area contributed by atoms with E-state index in [1.165, 1.54) is 6.08 Å². The highest BCUT2D eigenvalue weighted by molar-refractivity contribution is 6.31. The molecule has 1 amide bonds. The number of nitrogens with zero attached hydrogens (tertiary/aromatic N) is 2. The summed E-state index contributed by atoms with van der Waals surface area (Å²) >= 11 is 12.2. The maximum Gasteiger partial charge on any atom is 0.243 e. The zero-order valence-electron chi connectivity index (χ0n) is 12.4. The lowest BCUT2D eigenvalue weighted by atomic mass is 10.2. The summed E-state index contributed by atoms with van der Waals surface area (Å²) in [5.74, 6) is -0.150. The minimum absolute atomic E-state index is 0.150. The number of hydrogen-bond acceptors (Lipinski definition) is 2. The number of amides is 1. The number of likely N-dealkylation sites (N-methyl/N-ethyl adjacent to an activating group) is 1. The molecule has 0 fully saturated rings. The highest BCUT2D eigenvalue weighted by atomic mass is 35.5. The summed E-state index contributed by atoms with van der Waals surface area (Å²) in [5.41, 5.74) is 2.58. The number of nitrogens with one attached hydrogen (secondary N) is 1. The summed E-state index contributed by atoms with van der Waals surface area (Å²) < 4.78 is 1.71. The summed E-state index contributed by atoms with van der Waals surface area (Å²) in [5, 5.41) is 8.32. The molecule has 2 aromatic rings. The molecule has 116 valence electrons. The maximum atomic E-state index is 11.5. The van der Waals surface area contributed by atoms with Gasteiger partial charge in [0.25, 0.3) is 0 Å². The molecule has 0 saturated carbocycles. The number of carbonyl (C=O) groups is 1. The Morgan fingerprint density at radius 3 is 2.64 bits per heavy atom. The molecule has 1 heterocycles. The Morgan fingerprint density at radius 2 is 2.00 bits per heavy atom. The second-order valence-electron chi connectivity index (χ2n) is 4.80. The first-order chi connectivity index (χ1) is 10.5. The quantitative estimate of drug-likeness (QED) is 0.845. The van der Waals surface area contributed by atoms with Crippen LogP contribution < -0.4 is 5.32 Å². The fraction of sp³-hybridized carbons (Fsp3) is 0.250. The van der Waals surface area contributed by atoms with E-state index in [2.05, 4.69) is 10.4 Å². The molecule has 1 N–H and O–H groups in total. The fourth-order valence-electron chi connectivity index (χ4n) is 2.02. The van der Waals surface area contributed by atoms with E-state index in [1.807, 2.05) is 38.1 Å². The lowest BCUT2D eigenvalue weighted by molar-refractivity contribution is -0.116. The second kappa shape index (κ2) is 7.47. The van der Waals surface area contributed by atoms with E-state index in [1.54, 1.807) is 10.8 Å². The van der Waals surface area contributed by atoms with Crippen LogP contribution in [-0.2, 0) is 11.3 Å². The van der Waals surface area contributed by atoms with Gasteiger partial charge in [-0.05, 0) is 37.6 Å². The van der Waals surface area contributed by atoms with Gasteiger partial charge in [-0.3, -0.25) is 4.79 Å². The summed E-state index contributed by atoms with van der Waals surface area (Å²) in [6.07, 6.45) is 3.15. The molecule has 4 nitrogen and oxygen atoms in total. The van der Waals surface area contributed by atoms with Crippen LogP contribution in [0.3, 0.4) is 0 Å². The first-order valence-corrected chi connectivity index (χ1v) is 7.70. The van der Waals surface area contributed by atoms with Crippen molar-refractivity contribution in [3.8, 4) is 0 Å². The molecule has 2 rings (SSSR count). The van der Waals surface area contributed by atoms with E-state index in [4.69, 9.17) is 23.2 Å². The van der Waals surface area contributed by atoms with Gasteiger partial charge in [0, 0.05) is 23.2 Å². The maximum absolute atomic E-state index is 11.5. The van der Waals surface area contributed by atoms with Gasteiger partial charge in [-0.1, -0.05) is 35.3 Å². The van der Waals surface area contributed by atoms with Gasteiger partial charge in [0.2, 0.25) is 5.91 Å². The van der Waals surface area contributed by atoms with Crippen molar-refractivity contribution in [3.63, 3.8) is 0 Å². The Bertz CT molecular complexity index is 690. The Morgan fingerprint density at radius 1 is 1.32 bits per heavy atom. The van der Waals surface area contributed by atoms with Crippen molar-refractivity contribution in [2.24, 2.45) is 0 Å². The van der Waals surface area contributed by atoms with Crippen molar-refractivity contribution < 1.29 is 4.79 Å². The molecule has 1 aromatic carbocycles. The van der Waals surface area contributed by atoms with Crippen molar-refractivity contribution in [2.75, 3.05) is 6.54 Å². The Balaban J connectivity index is 2.19. The van der Waals surface area contributed by atoms with Crippen LogP contribution in [0.1, 0.15) is 23.7 Å². The predicted octanol–water partition coefficient (Wildman–Crippen LogP) is 3.70. The zero-order valence-corrected chi connectivity index (χ0v) is 13.9. The highest BCUT2D eigenvalue weighted by Gasteiger charge is 2.11. The van der Waals surface area contributed by atoms with Gasteiger partial charge in [0.1, 0.15) is 5.15 Å². The first kappa shape index (κ1) is 16.6. The van der Waals surface area contributed by atoms with E-state index in [9.17, 15) is 4.79 Å². The van der Waals surface area contributed by atoms with Crippen molar-refractivity contribution in [1.29, 1.82) is 0 Å². The highest BCUT2D eigenvalue weighted by Crippen LogP contribution is 2.22. The van der Waals surface area contributed by atoms with Gasteiger partial charge in [-0.15, -0.1) is 0 Å². The molecule has 0 aliphatic heterocycles. The molecule has 0 aliphatic carbocycles. The van der Waals surface area contributed by atoms with Gasteiger partial charge >= 0.3 is 0 Å². The molecule has 0 spiro atoms. The van der Waals surface area contributed by atoms with Gasteiger partial charge in [-0.25, -0.2) is 4.68 Å². The third-order valence-electron chi connectivity index (χ3n) is 3.11. The number of rotatable bonds is 5. The SMILES string of the molecule is CCNC(=O)/C=C/c1c(C)nn(Cc2ccc(Cl)cc2)c1Cl. The smallest absolute Gasteiger partial charge is 0.243 e. The molecule has 6 heteroatoms. The molecular formula is C16H17Cl2N3O.